The first kappa shape index (κ1) is 11.2. The Morgan fingerprint density at radius 3 is 2.25 bits per heavy atom. The molecule has 4 heteroatoms. The Morgan fingerprint density at radius 2 is 1.75 bits per heavy atom. The van der Waals surface area contributed by atoms with Gasteiger partial charge in [-0.15, -0.1) is 11.3 Å². The molecule has 3 nitrogen and oxygen atoms in total. The third kappa shape index (κ3) is 2.27. The van der Waals surface area contributed by atoms with Crippen LogP contribution in [0.5, 0.6) is 0 Å². The predicted octanol–water partition coefficient (Wildman–Crippen LogP) is 3.21. The summed E-state index contributed by atoms with van der Waals surface area (Å²) in [5, 5.41) is 2.98. The Morgan fingerprint density at radius 1 is 1.12 bits per heavy atom. The van der Waals surface area contributed by atoms with Gasteiger partial charge in [-0.2, -0.15) is 0 Å². The molecule has 84 valence electrons. The molecule has 0 N–H and O–H groups in total. The zero-order chi connectivity index (χ0) is 11.8. The van der Waals surface area contributed by atoms with Crippen LogP contribution in [-0.4, -0.2) is 15.0 Å². The minimum atomic E-state index is 0.0828. The maximum atomic E-state index is 4.57. The highest BCUT2D eigenvalue weighted by atomic mass is 32.1. The van der Waals surface area contributed by atoms with Crippen LogP contribution < -0.4 is 0 Å². The number of hydrogen-bond donors (Lipinski definition) is 0. The van der Waals surface area contributed by atoms with Gasteiger partial charge in [0, 0.05) is 23.2 Å². The van der Waals surface area contributed by atoms with Crippen LogP contribution in [-0.2, 0) is 5.41 Å². The van der Waals surface area contributed by atoms with Crippen molar-refractivity contribution in [3.8, 4) is 10.8 Å². The standard InChI is InChI=1S/C12H15N3S/c1-8-5-13-10(14-6-8)11-15-9(7-16-11)12(2,3)4/h5-7H,1-4H3. The summed E-state index contributed by atoms with van der Waals surface area (Å²) >= 11 is 1.60. The molecule has 0 aromatic carbocycles. The fourth-order valence-electron chi connectivity index (χ4n) is 1.22. The van der Waals surface area contributed by atoms with E-state index in [1.165, 1.54) is 0 Å². The van der Waals surface area contributed by atoms with Crippen molar-refractivity contribution in [3.05, 3.63) is 29.0 Å². The Balaban J connectivity index is 2.35. The van der Waals surface area contributed by atoms with E-state index in [4.69, 9.17) is 0 Å². The fraction of sp³-hybridized carbons (Fsp3) is 0.417. The minimum absolute atomic E-state index is 0.0828. The second-order valence-corrected chi connectivity index (χ2v) is 5.73. The molecular formula is C12H15N3S. The van der Waals surface area contributed by atoms with E-state index in [0.717, 1.165) is 16.3 Å². The Labute approximate surface area is 99.6 Å². The molecule has 0 amide bonds. The number of aryl methyl sites for hydroxylation is 1. The smallest absolute Gasteiger partial charge is 0.188 e. The number of nitrogens with zero attached hydrogens (tertiary/aromatic N) is 3. The minimum Gasteiger partial charge on any atom is -0.237 e. The molecule has 0 bridgehead atoms. The third-order valence-electron chi connectivity index (χ3n) is 2.24. The van der Waals surface area contributed by atoms with Gasteiger partial charge in [0.25, 0.3) is 0 Å². The van der Waals surface area contributed by atoms with Crippen molar-refractivity contribution >= 4 is 11.3 Å². The van der Waals surface area contributed by atoms with E-state index in [-0.39, 0.29) is 5.41 Å². The van der Waals surface area contributed by atoms with E-state index in [9.17, 15) is 0 Å². The normalized spacial score (nSPS) is 11.8. The third-order valence-corrected chi connectivity index (χ3v) is 3.08. The van der Waals surface area contributed by atoms with Gasteiger partial charge in [-0.05, 0) is 12.5 Å². The molecule has 0 aliphatic rings. The average molecular weight is 233 g/mol. The Hall–Kier alpha value is -1.29. The molecule has 0 atom stereocenters. The van der Waals surface area contributed by atoms with E-state index >= 15 is 0 Å². The maximum absolute atomic E-state index is 4.57. The molecular weight excluding hydrogens is 218 g/mol. The first-order chi connectivity index (χ1) is 7.47. The van der Waals surface area contributed by atoms with Crippen molar-refractivity contribution in [1.82, 2.24) is 15.0 Å². The number of thiazole rings is 1. The lowest BCUT2D eigenvalue weighted by atomic mass is 9.93. The van der Waals surface area contributed by atoms with E-state index < -0.39 is 0 Å². The second kappa shape index (κ2) is 3.94. The van der Waals surface area contributed by atoms with Crippen LogP contribution in [0, 0.1) is 6.92 Å². The Bertz CT molecular complexity index is 480. The molecule has 0 spiro atoms. The van der Waals surface area contributed by atoms with Gasteiger partial charge >= 0.3 is 0 Å². The second-order valence-electron chi connectivity index (χ2n) is 4.87. The SMILES string of the molecule is Cc1cnc(-c2nc(C(C)(C)C)cs2)nc1. The lowest BCUT2D eigenvalue weighted by Crippen LogP contribution is -2.11. The molecule has 0 saturated carbocycles. The van der Waals surface area contributed by atoms with Crippen LogP contribution in [0.4, 0.5) is 0 Å². The van der Waals surface area contributed by atoms with Gasteiger partial charge in [0.05, 0.1) is 5.69 Å². The molecule has 2 heterocycles. The number of hydrogen-bond acceptors (Lipinski definition) is 4. The van der Waals surface area contributed by atoms with Crippen LogP contribution in [0.2, 0.25) is 0 Å². The van der Waals surface area contributed by atoms with Crippen LogP contribution >= 0.6 is 11.3 Å². The van der Waals surface area contributed by atoms with Crippen molar-refractivity contribution < 1.29 is 0 Å². The topological polar surface area (TPSA) is 38.7 Å². The molecule has 16 heavy (non-hydrogen) atoms. The summed E-state index contributed by atoms with van der Waals surface area (Å²) in [7, 11) is 0. The monoisotopic (exact) mass is 233 g/mol. The van der Waals surface area contributed by atoms with Crippen molar-refractivity contribution in [2.75, 3.05) is 0 Å². The van der Waals surface area contributed by atoms with Crippen molar-refractivity contribution in [3.63, 3.8) is 0 Å². The van der Waals surface area contributed by atoms with Crippen molar-refractivity contribution in [2.45, 2.75) is 33.1 Å². The summed E-state index contributed by atoms with van der Waals surface area (Å²) in [6.07, 6.45) is 3.64. The van der Waals surface area contributed by atoms with Gasteiger partial charge in [-0.25, -0.2) is 15.0 Å². The quantitative estimate of drug-likeness (QED) is 0.759. The van der Waals surface area contributed by atoms with E-state index in [0.29, 0.717) is 5.82 Å². The largest absolute Gasteiger partial charge is 0.237 e. The summed E-state index contributed by atoms with van der Waals surface area (Å²) in [5.41, 5.74) is 2.24. The van der Waals surface area contributed by atoms with Gasteiger partial charge in [-0.3, -0.25) is 0 Å². The van der Waals surface area contributed by atoms with Gasteiger partial charge in [0.2, 0.25) is 0 Å². The first-order valence-corrected chi connectivity index (χ1v) is 6.10. The maximum Gasteiger partial charge on any atom is 0.188 e. The highest BCUT2D eigenvalue weighted by Crippen LogP contribution is 2.27. The zero-order valence-electron chi connectivity index (χ0n) is 9.98. The highest BCUT2D eigenvalue weighted by Gasteiger charge is 2.18. The summed E-state index contributed by atoms with van der Waals surface area (Å²) < 4.78 is 0. The molecule has 0 aliphatic carbocycles. The van der Waals surface area contributed by atoms with Crippen LogP contribution in [0.3, 0.4) is 0 Å². The molecule has 0 unspecified atom stereocenters. The summed E-state index contributed by atoms with van der Waals surface area (Å²) in [4.78, 5) is 13.1. The predicted molar refractivity (Wildman–Crippen MR) is 66.6 cm³/mol. The lowest BCUT2D eigenvalue weighted by molar-refractivity contribution is 0.573. The van der Waals surface area contributed by atoms with Crippen LogP contribution in [0.1, 0.15) is 32.0 Å². The Kier molecular flexibility index (Phi) is 2.76. The molecule has 0 aliphatic heterocycles. The van der Waals surface area contributed by atoms with Gasteiger partial charge in [0.1, 0.15) is 0 Å². The fourth-order valence-corrected chi connectivity index (χ4v) is 2.22. The summed E-state index contributed by atoms with van der Waals surface area (Å²) in [6, 6.07) is 0. The molecule has 0 radical (unpaired) electrons. The van der Waals surface area contributed by atoms with Gasteiger partial charge in [0.15, 0.2) is 10.8 Å². The lowest BCUT2D eigenvalue weighted by Gasteiger charge is -2.14. The molecule has 2 rings (SSSR count). The van der Waals surface area contributed by atoms with Gasteiger partial charge in [-0.1, -0.05) is 20.8 Å². The van der Waals surface area contributed by atoms with Crippen molar-refractivity contribution in [2.24, 2.45) is 0 Å². The van der Waals surface area contributed by atoms with E-state index in [1.807, 2.05) is 19.3 Å². The van der Waals surface area contributed by atoms with Crippen molar-refractivity contribution in [1.29, 1.82) is 0 Å². The van der Waals surface area contributed by atoms with Gasteiger partial charge < -0.3 is 0 Å². The molecule has 0 fully saturated rings. The average Bonchev–Trinajstić information content (AvgIpc) is 2.67. The van der Waals surface area contributed by atoms with Crippen LogP contribution in [0.25, 0.3) is 10.8 Å². The molecule has 2 aromatic heterocycles. The molecule has 2 aromatic rings. The number of aromatic nitrogens is 3. The summed E-state index contributed by atoms with van der Waals surface area (Å²) in [6.45, 7) is 8.44. The molecule has 0 saturated heterocycles. The van der Waals surface area contributed by atoms with E-state index in [1.54, 1.807) is 11.3 Å². The van der Waals surface area contributed by atoms with E-state index in [2.05, 4.69) is 41.1 Å². The number of rotatable bonds is 1. The highest BCUT2D eigenvalue weighted by molar-refractivity contribution is 7.13. The van der Waals surface area contributed by atoms with Crippen LogP contribution in [0.15, 0.2) is 17.8 Å². The first-order valence-electron chi connectivity index (χ1n) is 5.22. The zero-order valence-corrected chi connectivity index (χ0v) is 10.8. The summed E-state index contributed by atoms with van der Waals surface area (Å²) in [5.74, 6) is 0.714.